The molecule has 0 aromatic heterocycles. The van der Waals surface area contributed by atoms with Crippen molar-refractivity contribution in [1.82, 2.24) is 4.31 Å². The van der Waals surface area contributed by atoms with Gasteiger partial charge in [-0.15, -0.1) is 0 Å². The minimum atomic E-state index is -3.79. The molecule has 0 saturated carbocycles. The summed E-state index contributed by atoms with van der Waals surface area (Å²) < 4.78 is 32.4. The van der Waals surface area contributed by atoms with Gasteiger partial charge in [0.1, 0.15) is 10.6 Å². The minimum Gasteiger partial charge on any atom is -0.482 e. The maximum atomic E-state index is 12.8. The van der Waals surface area contributed by atoms with E-state index in [4.69, 9.17) is 27.9 Å². The van der Waals surface area contributed by atoms with Crippen LogP contribution in [0.3, 0.4) is 0 Å². The summed E-state index contributed by atoms with van der Waals surface area (Å²) in [5.74, 6) is -0.365. The summed E-state index contributed by atoms with van der Waals surface area (Å²) in [6.45, 7) is 3.74. The molecular formula is C18H20Cl2N2O4S. The highest BCUT2D eigenvalue weighted by molar-refractivity contribution is 7.89. The number of carbonyl (C=O) groups is 1. The van der Waals surface area contributed by atoms with Crippen LogP contribution in [-0.2, 0) is 14.8 Å². The first-order valence-corrected chi connectivity index (χ1v) is 10.5. The molecule has 0 aliphatic heterocycles. The lowest BCUT2D eigenvalue weighted by molar-refractivity contribution is -0.118. The number of ether oxygens (including phenoxy) is 1. The monoisotopic (exact) mass is 430 g/mol. The maximum Gasteiger partial charge on any atom is 0.262 e. The van der Waals surface area contributed by atoms with E-state index in [1.54, 1.807) is 38.1 Å². The van der Waals surface area contributed by atoms with Crippen LogP contribution in [0.5, 0.6) is 5.75 Å². The van der Waals surface area contributed by atoms with Gasteiger partial charge in [0.05, 0.1) is 0 Å². The van der Waals surface area contributed by atoms with Crippen molar-refractivity contribution >= 4 is 44.8 Å². The number of carbonyl (C=O) groups excluding carboxylic acids is 1. The van der Waals surface area contributed by atoms with Gasteiger partial charge in [-0.25, -0.2) is 8.42 Å². The topological polar surface area (TPSA) is 75.7 Å². The lowest BCUT2D eigenvalue weighted by Crippen LogP contribution is -2.31. The van der Waals surface area contributed by atoms with Gasteiger partial charge >= 0.3 is 0 Å². The number of anilines is 1. The van der Waals surface area contributed by atoms with Crippen molar-refractivity contribution < 1.29 is 17.9 Å². The zero-order valence-corrected chi connectivity index (χ0v) is 17.2. The quantitative estimate of drug-likeness (QED) is 0.685. The molecule has 6 nitrogen and oxygen atoms in total. The molecule has 0 atom stereocenters. The molecule has 2 rings (SSSR count). The average molecular weight is 431 g/mol. The van der Waals surface area contributed by atoms with Crippen molar-refractivity contribution in [3.8, 4) is 5.75 Å². The van der Waals surface area contributed by atoms with Crippen molar-refractivity contribution in [2.24, 2.45) is 0 Å². The standard InChI is InChI=1S/C18H20Cl2N2O4S/c1-3-22(4-2)27(24,25)17-11-14(20)7-10-16(17)26-12-18(23)21-15-8-5-13(19)6-9-15/h5-11H,3-4,12H2,1-2H3,(H,21,23). The van der Waals surface area contributed by atoms with Crippen LogP contribution in [-0.4, -0.2) is 38.3 Å². The molecule has 0 unspecified atom stereocenters. The molecule has 9 heteroatoms. The fraction of sp³-hybridized carbons (Fsp3) is 0.278. The molecule has 0 radical (unpaired) electrons. The summed E-state index contributed by atoms with van der Waals surface area (Å²) in [5.41, 5.74) is 0.556. The second-order valence-corrected chi connectivity index (χ2v) is 8.30. The Hall–Kier alpha value is -1.80. The van der Waals surface area contributed by atoms with E-state index in [-0.39, 0.29) is 22.3 Å². The fourth-order valence-electron chi connectivity index (χ4n) is 2.38. The Balaban J connectivity index is 2.17. The number of benzene rings is 2. The zero-order valence-electron chi connectivity index (χ0n) is 14.9. The molecular weight excluding hydrogens is 411 g/mol. The van der Waals surface area contributed by atoms with Gasteiger partial charge in [-0.1, -0.05) is 37.0 Å². The third-order valence-corrected chi connectivity index (χ3v) is 6.27. The Morgan fingerprint density at radius 2 is 1.63 bits per heavy atom. The molecule has 1 amide bonds. The summed E-state index contributed by atoms with van der Waals surface area (Å²) in [7, 11) is -3.79. The summed E-state index contributed by atoms with van der Waals surface area (Å²) >= 11 is 11.8. The average Bonchev–Trinajstić information content (AvgIpc) is 2.63. The Morgan fingerprint density at radius 3 is 2.22 bits per heavy atom. The SMILES string of the molecule is CCN(CC)S(=O)(=O)c1cc(Cl)ccc1OCC(=O)Nc1ccc(Cl)cc1. The van der Waals surface area contributed by atoms with Gasteiger partial charge in [0.25, 0.3) is 5.91 Å². The zero-order chi connectivity index (χ0) is 20.0. The van der Waals surface area contributed by atoms with Crippen molar-refractivity contribution in [1.29, 1.82) is 0 Å². The lowest BCUT2D eigenvalue weighted by Gasteiger charge is -2.20. The first-order valence-electron chi connectivity index (χ1n) is 8.25. The Bertz CT molecular complexity index is 898. The predicted molar refractivity (Wildman–Crippen MR) is 107 cm³/mol. The molecule has 0 heterocycles. The van der Waals surface area contributed by atoms with Crippen LogP contribution in [0.25, 0.3) is 0 Å². The van der Waals surface area contributed by atoms with E-state index in [2.05, 4.69) is 5.32 Å². The highest BCUT2D eigenvalue weighted by Gasteiger charge is 2.26. The number of hydrogen-bond donors (Lipinski definition) is 1. The normalized spacial score (nSPS) is 11.4. The number of nitrogens with one attached hydrogen (secondary N) is 1. The van der Waals surface area contributed by atoms with Crippen LogP contribution in [0.15, 0.2) is 47.4 Å². The minimum absolute atomic E-state index is 0.0672. The Kier molecular flexibility index (Phi) is 7.49. The highest BCUT2D eigenvalue weighted by atomic mass is 35.5. The van der Waals surface area contributed by atoms with Crippen molar-refractivity contribution in [3.63, 3.8) is 0 Å². The second kappa shape index (κ2) is 9.41. The summed E-state index contributed by atoms with van der Waals surface area (Å²) in [6.07, 6.45) is 0. The van der Waals surface area contributed by atoms with Gasteiger partial charge in [-0.3, -0.25) is 4.79 Å². The number of nitrogens with zero attached hydrogens (tertiary/aromatic N) is 1. The van der Waals surface area contributed by atoms with Crippen molar-refractivity contribution in [2.45, 2.75) is 18.7 Å². The molecule has 2 aromatic carbocycles. The smallest absolute Gasteiger partial charge is 0.262 e. The van der Waals surface area contributed by atoms with Crippen LogP contribution >= 0.6 is 23.2 Å². The molecule has 0 fully saturated rings. The Labute approximate surface area is 169 Å². The maximum absolute atomic E-state index is 12.8. The number of amides is 1. The van der Waals surface area contributed by atoms with E-state index in [0.29, 0.717) is 23.8 Å². The largest absolute Gasteiger partial charge is 0.482 e. The molecule has 1 N–H and O–H groups in total. The second-order valence-electron chi connectivity index (χ2n) is 5.52. The molecule has 2 aromatic rings. The van der Waals surface area contributed by atoms with Gasteiger partial charge in [-0.05, 0) is 42.5 Å². The van der Waals surface area contributed by atoms with E-state index in [0.717, 1.165) is 0 Å². The number of hydrogen-bond acceptors (Lipinski definition) is 4. The predicted octanol–water partition coefficient (Wildman–Crippen LogP) is 4.04. The Morgan fingerprint density at radius 1 is 1.04 bits per heavy atom. The van der Waals surface area contributed by atoms with Gasteiger partial charge < -0.3 is 10.1 Å². The number of sulfonamides is 1. The highest BCUT2D eigenvalue weighted by Crippen LogP contribution is 2.30. The van der Waals surface area contributed by atoms with Crippen LogP contribution < -0.4 is 10.1 Å². The van der Waals surface area contributed by atoms with E-state index >= 15 is 0 Å². The van der Waals surface area contributed by atoms with E-state index in [1.807, 2.05) is 0 Å². The third-order valence-electron chi connectivity index (χ3n) is 3.72. The first-order chi connectivity index (χ1) is 12.8. The van der Waals surface area contributed by atoms with Crippen molar-refractivity contribution in [2.75, 3.05) is 25.0 Å². The van der Waals surface area contributed by atoms with Crippen LogP contribution in [0.1, 0.15) is 13.8 Å². The molecule has 146 valence electrons. The van der Waals surface area contributed by atoms with Crippen LogP contribution in [0, 0.1) is 0 Å². The molecule has 0 bridgehead atoms. The van der Waals surface area contributed by atoms with E-state index in [1.165, 1.54) is 22.5 Å². The molecule has 0 saturated heterocycles. The first kappa shape index (κ1) is 21.5. The van der Waals surface area contributed by atoms with E-state index < -0.39 is 15.9 Å². The molecule has 0 aliphatic rings. The number of rotatable bonds is 8. The molecule has 0 spiro atoms. The van der Waals surface area contributed by atoms with Crippen LogP contribution in [0.2, 0.25) is 10.0 Å². The number of halogens is 2. The summed E-state index contributed by atoms with van der Waals surface area (Å²) in [4.78, 5) is 12.0. The fourth-order valence-corrected chi connectivity index (χ4v) is 4.36. The van der Waals surface area contributed by atoms with Gasteiger partial charge in [0.2, 0.25) is 10.0 Å². The van der Waals surface area contributed by atoms with Gasteiger partial charge in [-0.2, -0.15) is 4.31 Å². The summed E-state index contributed by atoms with van der Waals surface area (Å²) in [6, 6.07) is 10.9. The van der Waals surface area contributed by atoms with Crippen LogP contribution in [0.4, 0.5) is 5.69 Å². The van der Waals surface area contributed by atoms with Gasteiger partial charge in [0.15, 0.2) is 6.61 Å². The lowest BCUT2D eigenvalue weighted by atomic mass is 10.3. The van der Waals surface area contributed by atoms with E-state index in [9.17, 15) is 13.2 Å². The van der Waals surface area contributed by atoms with Crippen molar-refractivity contribution in [3.05, 3.63) is 52.5 Å². The molecule has 0 aliphatic carbocycles. The third kappa shape index (κ3) is 5.59. The molecule has 27 heavy (non-hydrogen) atoms. The summed E-state index contributed by atoms with van der Waals surface area (Å²) in [5, 5.41) is 3.46. The van der Waals surface area contributed by atoms with Gasteiger partial charge in [0, 0.05) is 28.8 Å².